The highest BCUT2D eigenvalue weighted by molar-refractivity contribution is 8.00. The van der Waals surface area contributed by atoms with E-state index in [-0.39, 0.29) is 17.2 Å². The van der Waals surface area contributed by atoms with Crippen molar-refractivity contribution in [2.24, 2.45) is 0 Å². The van der Waals surface area contributed by atoms with Crippen molar-refractivity contribution in [3.8, 4) is 0 Å². The molecule has 0 fully saturated rings. The molecule has 118 valence electrons. The first kappa shape index (κ1) is 16.0. The summed E-state index contributed by atoms with van der Waals surface area (Å²) < 4.78 is 1.19. The van der Waals surface area contributed by atoms with Gasteiger partial charge in [-0.25, -0.2) is 9.66 Å². The van der Waals surface area contributed by atoms with Crippen molar-refractivity contribution in [3.63, 3.8) is 0 Å². The van der Waals surface area contributed by atoms with E-state index in [1.807, 2.05) is 12.1 Å². The van der Waals surface area contributed by atoms with Crippen molar-refractivity contribution >= 4 is 50.8 Å². The number of hydrogen-bond acceptors (Lipinski definition) is 5. The smallest absolute Gasteiger partial charge is 0.272 e. The minimum absolute atomic E-state index is 0.190. The lowest BCUT2D eigenvalue weighted by atomic mass is 10.4. The number of nitrogens with one attached hydrogen (secondary N) is 1. The lowest BCUT2D eigenvalue weighted by Gasteiger charge is -2.10. The van der Waals surface area contributed by atoms with Crippen molar-refractivity contribution < 1.29 is 4.79 Å². The Morgan fingerprint density at radius 2 is 2.09 bits per heavy atom. The largest absolute Gasteiger partial charge is 0.281 e. The highest BCUT2D eigenvalue weighted by Crippen LogP contribution is 2.20. The molecule has 3 rings (SSSR count). The van der Waals surface area contributed by atoms with E-state index < -0.39 is 0 Å². The van der Waals surface area contributed by atoms with Gasteiger partial charge in [0.05, 0.1) is 11.1 Å². The average molecular weight is 366 g/mol. The minimum Gasteiger partial charge on any atom is -0.272 e. The molecule has 0 atom stereocenters. The van der Waals surface area contributed by atoms with Crippen LogP contribution in [-0.4, -0.2) is 21.3 Å². The Labute approximate surface area is 145 Å². The van der Waals surface area contributed by atoms with Gasteiger partial charge in [0.1, 0.15) is 10.7 Å². The van der Waals surface area contributed by atoms with Crippen LogP contribution in [0.25, 0.3) is 10.2 Å². The zero-order valence-corrected chi connectivity index (χ0v) is 14.5. The number of thioether (sulfide) groups is 1. The van der Waals surface area contributed by atoms with Gasteiger partial charge in [-0.15, -0.1) is 23.1 Å². The van der Waals surface area contributed by atoms with Gasteiger partial charge in [0, 0.05) is 9.92 Å². The number of carbonyl (C=O) groups excluding carboxylic acids is 1. The number of benzene rings is 1. The highest BCUT2D eigenvalue weighted by Gasteiger charge is 2.11. The number of amides is 1. The molecule has 0 unspecified atom stereocenters. The van der Waals surface area contributed by atoms with Crippen LogP contribution in [0.15, 0.2) is 45.4 Å². The Morgan fingerprint density at radius 1 is 1.35 bits per heavy atom. The zero-order valence-electron chi connectivity index (χ0n) is 12.1. The predicted octanol–water partition coefficient (Wildman–Crippen LogP) is 3.28. The fourth-order valence-electron chi connectivity index (χ4n) is 1.98. The molecule has 0 spiro atoms. The fourth-order valence-corrected chi connectivity index (χ4v) is 3.60. The first-order chi connectivity index (χ1) is 11.0. The van der Waals surface area contributed by atoms with Crippen LogP contribution in [0.2, 0.25) is 5.02 Å². The van der Waals surface area contributed by atoms with Crippen molar-refractivity contribution in [3.05, 3.63) is 56.9 Å². The first-order valence-corrected chi connectivity index (χ1v) is 8.94. The minimum atomic E-state index is -0.272. The van der Waals surface area contributed by atoms with Gasteiger partial charge in [-0.2, -0.15) is 0 Å². The molecule has 0 aliphatic carbocycles. The Balaban J connectivity index is 1.72. The van der Waals surface area contributed by atoms with Crippen molar-refractivity contribution in [1.29, 1.82) is 0 Å². The topological polar surface area (TPSA) is 64.0 Å². The molecule has 8 heteroatoms. The van der Waals surface area contributed by atoms with Crippen molar-refractivity contribution in [2.45, 2.75) is 11.8 Å². The van der Waals surface area contributed by atoms with E-state index in [2.05, 4.69) is 10.4 Å². The van der Waals surface area contributed by atoms with E-state index in [0.29, 0.717) is 21.1 Å². The number of nitrogens with zero attached hydrogens (tertiary/aromatic N) is 2. The molecule has 2 heterocycles. The maximum absolute atomic E-state index is 12.4. The number of thiophene rings is 1. The summed E-state index contributed by atoms with van der Waals surface area (Å²) in [4.78, 5) is 30.4. The molecule has 0 bridgehead atoms. The van der Waals surface area contributed by atoms with E-state index in [9.17, 15) is 9.59 Å². The third-order valence-electron chi connectivity index (χ3n) is 3.09. The molecule has 5 nitrogen and oxygen atoms in total. The van der Waals surface area contributed by atoms with E-state index in [0.717, 1.165) is 4.90 Å². The molecule has 1 N–H and O–H groups in total. The summed E-state index contributed by atoms with van der Waals surface area (Å²) in [6, 6.07) is 8.93. The third kappa shape index (κ3) is 3.57. The van der Waals surface area contributed by atoms with Crippen LogP contribution in [-0.2, 0) is 4.79 Å². The van der Waals surface area contributed by atoms with E-state index in [1.54, 1.807) is 30.5 Å². The van der Waals surface area contributed by atoms with E-state index in [1.165, 1.54) is 27.8 Å². The SMILES string of the molecule is Cc1nc2sccc2c(=O)n1NC(=O)CSc1ccc(Cl)cc1. The second kappa shape index (κ2) is 6.74. The molecule has 0 aliphatic rings. The molecule has 1 aromatic carbocycles. The van der Waals surface area contributed by atoms with Gasteiger partial charge in [-0.05, 0) is 42.6 Å². The van der Waals surface area contributed by atoms with Crippen LogP contribution < -0.4 is 11.0 Å². The predicted molar refractivity (Wildman–Crippen MR) is 95.2 cm³/mol. The third-order valence-corrected chi connectivity index (χ3v) is 5.16. The van der Waals surface area contributed by atoms with Crippen LogP contribution in [0, 0.1) is 6.92 Å². The second-order valence-electron chi connectivity index (χ2n) is 4.72. The molecule has 0 radical (unpaired) electrons. The van der Waals surface area contributed by atoms with Gasteiger partial charge >= 0.3 is 0 Å². The summed E-state index contributed by atoms with van der Waals surface area (Å²) >= 11 is 8.59. The number of aryl methyl sites for hydroxylation is 1. The van der Waals surface area contributed by atoms with Crippen LogP contribution in [0.4, 0.5) is 0 Å². The number of rotatable bonds is 4. The van der Waals surface area contributed by atoms with E-state index >= 15 is 0 Å². The molecule has 0 saturated heterocycles. The quantitative estimate of drug-likeness (QED) is 0.720. The summed E-state index contributed by atoms with van der Waals surface area (Å²) in [5.41, 5.74) is 2.34. The fraction of sp³-hybridized carbons (Fsp3) is 0.133. The summed E-state index contributed by atoms with van der Waals surface area (Å²) in [6.07, 6.45) is 0. The van der Waals surface area contributed by atoms with Crippen LogP contribution in [0.5, 0.6) is 0 Å². The monoisotopic (exact) mass is 365 g/mol. The van der Waals surface area contributed by atoms with Crippen molar-refractivity contribution in [1.82, 2.24) is 9.66 Å². The lowest BCUT2D eigenvalue weighted by Crippen LogP contribution is -2.36. The number of fused-ring (bicyclic) bond motifs is 1. The molecule has 0 aliphatic heterocycles. The highest BCUT2D eigenvalue weighted by atomic mass is 35.5. The number of aromatic nitrogens is 2. The molecule has 23 heavy (non-hydrogen) atoms. The van der Waals surface area contributed by atoms with Gasteiger partial charge in [0.15, 0.2) is 0 Å². The van der Waals surface area contributed by atoms with Gasteiger partial charge < -0.3 is 0 Å². The maximum Gasteiger partial charge on any atom is 0.281 e. The number of carbonyl (C=O) groups is 1. The summed E-state index contributed by atoms with van der Waals surface area (Å²) in [7, 11) is 0. The zero-order chi connectivity index (χ0) is 16.4. The molecular formula is C15H12ClN3O2S2. The molecular weight excluding hydrogens is 354 g/mol. The Kier molecular flexibility index (Phi) is 4.70. The van der Waals surface area contributed by atoms with Gasteiger partial charge in [-0.1, -0.05) is 11.6 Å². The Bertz CT molecular complexity index is 919. The van der Waals surface area contributed by atoms with Crippen molar-refractivity contribution in [2.75, 3.05) is 11.2 Å². The first-order valence-electron chi connectivity index (χ1n) is 6.69. The average Bonchev–Trinajstić information content (AvgIpc) is 2.99. The number of hydrogen-bond donors (Lipinski definition) is 1. The summed E-state index contributed by atoms with van der Waals surface area (Å²) in [5.74, 6) is 0.371. The maximum atomic E-state index is 12.4. The Hall–Kier alpha value is -1.83. The van der Waals surface area contributed by atoms with Crippen LogP contribution >= 0.6 is 34.7 Å². The number of halogens is 1. The van der Waals surface area contributed by atoms with Gasteiger partial charge in [-0.3, -0.25) is 15.0 Å². The summed E-state index contributed by atoms with van der Waals surface area (Å²) in [5, 5.41) is 2.96. The van der Waals surface area contributed by atoms with Crippen LogP contribution in [0.1, 0.15) is 5.82 Å². The van der Waals surface area contributed by atoms with E-state index in [4.69, 9.17) is 11.6 Å². The van der Waals surface area contributed by atoms with Gasteiger partial charge in [0.2, 0.25) is 5.91 Å². The Morgan fingerprint density at radius 3 is 2.83 bits per heavy atom. The second-order valence-corrected chi connectivity index (χ2v) is 7.10. The lowest BCUT2D eigenvalue weighted by molar-refractivity contribution is -0.114. The molecule has 2 aromatic heterocycles. The van der Waals surface area contributed by atoms with Gasteiger partial charge in [0.25, 0.3) is 5.56 Å². The van der Waals surface area contributed by atoms with Crippen LogP contribution in [0.3, 0.4) is 0 Å². The molecule has 1 amide bonds. The summed E-state index contributed by atoms with van der Waals surface area (Å²) in [6.45, 7) is 1.69. The molecule has 0 saturated carbocycles. The normalized spacial score (nSPS) is 10.9. The molecule has 3 aromatic rings. The standard InChI is InChI=1S/C15H12ClN3O2S2/c1-9-17-14-12(6-7-22-14)15(21)19(9)18-13(20)8-23-11-4-2-10(16)3-5-11/h2-7H,8H2,1H3,(H,18,20).